The van der Waals surface area contributed by atoms with Crippen LogP contribution in [0.2, 0.25) is 0 Å². The minimum atomic E-state index is 0.663. The van der Waals surface area contributed by atoms with Gasteiger partial charge in [0, 0.05) is 16.7 Å². The number of benzene rings is 7. The highest BCUT2D eigenvalue weighted by atomic mass is 15.0. The van der Waals surface area contributed by atoms with Gasteiger partial charge in [-0.1, -0.05) is 177 Å². The topological polar surface area (TPSA) is 38.7 Å². The van der Waals surface area contributed by atoms with E-state index in [0.717, 1.165) is 42.4 Å². The lowest BCUT2D eigenvalue weighted by atomic mass is 9.86. The van der Waals surface area contributed by atoms with E-state index < -0.39 is 0 Å². The van der Waals surface area contributed by atoms with E-state index in [1.807, 2.05) is 60.7 Å². The summed E-state index contributed by atoms with van der Waals surface area (Å²) in [6, 6.07) is 60.7. The second-order valence-corrected chi connectivity index (χ2v) is 15.1. The van der Waals surface area contributed by atoms with Gasteiger partial charge in [-0.2, -0.15) is 0 Å². The zero-order valence-electron chi connectivity index (χ0n) is 33.1. The van der Waals surface area contributed by atoms with Gasteiger partial charge in [0.05, 0.1) is 0 Å². The maximum Gasteiger partial charge on any atom is 0.164 e. The number of hydrogen-bond donors (Lipinski definition) is 0. The lowest BCUT2D eigenvalue weighted by Gasteiger charge is -2.19. The molecule has 0 saturated carbocycles. The van der Waals surface area contributed by atoms with Gasteiger partial charge in [0.2, 0.25) is 0 Å². The normalized spacial score (nSPS) is 12.3. The maximum absolute atomic E-state index is 5.01. The van der Waals surface area contributed by atoms with E-state index >= 15 is 0 Å². The van der Waals surface area contributed by atoms with Crippen LogP contribution in [0, 0.1) is 6.92 Å². The molecular weight excluding hydrogens is 703 g/mol. The first-order chi connectivity index (χ1) is 28.6. The Balaban J connectivity index is 1.10. The largest absolute Gasteiger partial charge is 0.208 e. The Morgan fingerprint density at radius 1 is 0.448 bits per heavy atom. The van der Waals surface area contributed by atoms with E-state index in [-0.39, 0.29) is 0 Å². The molecule has 0 bridgehead atoms. The minimum Gasteiger partial charge on any atom is -0.208 e. The van der Waals surface area contributed by atoms with Crippen molar-refractivity contribution < 1.29 is 0 Å². The molecule has 8 aromatic rings. The molecular formula is C55H45N3. The first-order valence-corrected chi connectivity index (χ1v) is 20.4. The van der Waals surface area contributed by atoms with Gasteiger partial charge in [0.15, 0.2) is 17.5 Å². The van der Waals surface area contributed by atoms with Crippen LogP contribution >= 0.6 is 0 Å². The molecule has 0 atom stereocenters. The molecule has 0 unspecified atom stereocenters. The monoisotopic (exact) mass is 747 g/mol. The summed E-state index contributed by atoms with van der Waals surface area (Å²) in [6.07, 6.45) is 10.9. The zero-order valence-corrected chi connectivity index (χ0v) is 33.1. The van der Waals surface area contributed by atoms with Crippen molar-refractivity contribution in [2.45, 2.75) is 39.5 Å². The summed E-state index contributed by atoms with van der Waals surface area (Å²) in [7, 11) is 0. The molecule has 0 aliphatic heterocycles. The Bertz CT molecular complexity index is 2710. The predicted molar refractivity (Wildman–Crippen MR) is 243 cm³/mol. The standard InChI is InChI=1S/C55H45N3/c1-3-17-43-26-16-27-51(42-30-28-41(29-31-42)49-36-47(39-18-8-4-9-19-39)35-48(37-49)40-20-10-5-11-21-40)52(43)50-33-32-46(34-38(50)2)55-57-53(44-22-12-6-13-23-44)56-54(58-55)45-24-14-7-15-25-45/h4-10,12-16,18-20,22-37H,3,11,17,21H2,1-2H3. The summed E-state index contributed by atoms with van der Waals surface area (Å²) in [5, 5.41) is 0. The van der Waals surface area contributed by atoms with Crippen LogP contribution in [0.25, 0.3) is 84.2 Å². The molecule has 280 valence electrons. The first kappa shape index (κ1) is 36.7. The first-order valence-electron chi connectivity index (χ1n) is 20.4. The third-order valence-electron chi connectivity index (χ3n) is 11.1. The van der Waals surface area contributed by atoms with Crippen LogP contribution in [0.4, 0.5) is 0 Å². The molecule has 3 heteroatoms. The van der Waals surface area contributed by atoms with Crippen molar-refractivity contribution in [3.05, 3.63) is 205 Å². The van der Waals surface area contributed by atoms with E-state index in [1.54, 1.807) is 0 Å². The Labute approximate surface area is 342 Å². The molecule has 0 fully saturated rings. The van der Waals surface area contributed by atoms with Gasteiger partial charge < -0.3 is 0 Å². The van der Waals surface area contributed by atoms with E-state index in [4.69, 9.17) is 15.0 Å². The van der Waals surface area contributed by atoms with Crippen LogP contribution in [0.5, 0.6) is 0 Å². The summed E-state index contributed by atoms with van der Waals surface area (Å²) < 4.78 is 0. The Kier molecular flexibility index (Phi) is 10.5. The fourth-order valence-electron chi connectivity index (χ4n) is 8.12. The lowest BCUT2D eigenvalue weighted by Crippen LogP contribution is -2.01. The van der Waals surface area contributed by atoms with Gasteiger partial charge in [0.25, 0.3) is 0 Å². The van der Waals surface area contributed by atoms with Gasteiger partial charge >= 0.3 is 0 Å². The smallest absolute Gasteiger partial charge is 0.164 e. The Hall–Kier alpha value is -6.97. The fourth-order valence-corrected chi connectivity index (χ4v) is 8.12. The highest BCUT2D eigenvalue weighted by Gasteiger charge is 2.18. The summed E-state index contributed by atoms with van der Waals surface area (Å²) in [5.74, 6) is 1.99. The molecule has 3 nitrogen and oxygen atoms in total. The van der Waals surface area contributed by atoms with E-state index in [9.17, 15) is 0 Å². The van der Waals surface area contributed by atoms with Crippen LogP contribution in [0.1, 0.15) is 42.9 Å². The molecule has 0 amide bonds. The average Bonchev–Trinajstić information content (AvgIpc) is 3.30. The number of aryl methyl sites for hydroxylation is 2. The third-order valence-corrected chi connectivity index (χ3v) is 11.1. The number of allylic oxidation sites excluding steroid dienone is 4. The lowest BCUT2D eigenvalue weighted by molar-refractivity contribution is 0.924. The average molecular weight is 748 g/mol. The van der Waals surface area contributed by atoms with Crippen molar-refractivity contribution in [3.8, 4) is 78.7 Å². The molecule has 0 radical (unpaired) electrons. The van der Waals surface area contributed by atoms with Crippen LogP contribution in [0.15, 0.2) is 188 Å². The minimum absolute atomic E-state index is 0.663. The molecule has 1 aliphatic rings. The molecule has 0 spiro atoms. The van der Waals surface area contributed by atoms with Crippen LogP contribution in [-0.4, -0.2) is 15.0 Å². The Morgan fingerprint density at radius 2 is 0.983 bits per heavy atom. The highest BCUT2D eigenvalue weighted by Crippen LogP contribution is 2.40. The predicted octanol–water partition coefficient (Wildman–Crippen LogP) is 14.5. The van der Waals surface area contributed by atoms with E-state index in [2.05, 4.69) is 141 Å². The van der Waals surface area contributed by atoms with Crippen LogP contribution in [-0.2, 0) is 6.42 Å². The second-order valence-electron chi connectivity index (χ2n) is 15.1. The summed E-state index contributed by atoms with van der Waals surface area (Å²) in [4.78, 5) is 14.9. The number of nitrogens with zero attached hydrogens (tertiary/aromatic N) is 3. The molecule has 1 heterocycles. The van der Waals surface area contributed by atoms with Crippen molar-refractivity contribution in [1.29, 1.82) is 0 Å². The van der Waals surface area contributed by atoms with Crippen molar-refractivity contribution >= 4 is 5.57 Å². The number of rotatable bonds is 10. The molecule has 1 aliphatic carbocycles. The van der Waals surface area contributed by atoms with Gasteiger partial charge in [-0.3, -0.25) is 0 Å². The molecule has 0 saturated heterocycles. The van der Waals surface area contributed by atoms with E-state index in [0.29, 0.717) is 17.5 Å². The molecule has 7 aromatic carbocycles. The van der Waals surface area contributed by atoms with Gasteiger partial charge in [0.1, 0.15) is 0 Å². The van der Waals surface area contributed by atoms with Crippen molar-refractivity contribution in [1.82, 2.24) is 15.0 Å². The summed E-state index contributed by atoms with van der Waals surface area (Å²) in [6.45, 7) is 4.47. The van der Waals surface area contributed by atoms with E-state index in [1.165, 1.54) is 66.8 Å². The Morgan fingerprint density at radius 3 is 1.55 bits per heavy atom. The quantitative estimate of drug-likeness (QED) is 0.140. The van der Waals surface area contributed by atoms with Gasteiger partial charge in [-0.15, -0.1) is 0 Å². The third kappa shape index (κ3) is 7.72. The van der Waals surface area contributed by atoms with Crippen molar-refractivity contribution in [2.75, 3.05) is 0 Å². The summed E-state index contributed by atoms with van der Waals surface area (Å²) in [5.41, 5.74) is 18.0. The van der Waals surface area contributed by atoms with Crippen molar-refractivity contribution in [3.63, 3.8) is 0 Å². The summed E-state index contributed by atoms with van der Waals surface area (Å²) >= 11 is 0. The second kappa shape index (κ2) is 16.6. The molecule has 0 N–H and O–H groups in total. The fraction of sp³-hybridized carbons (Fsp3) is 0.109. The van der Waals surface area contributed by atoms with Crippen LogP contribution < -0.4 is 0 Å². The zero-order chi connectivity index (χ0) is 39.3. The highest BCUT2D eigenvalue weighted by molar-refractivity contribution is 5.89. The van der Waals surface area contributed by atoms with Crippen molar-refractivity contribution in [2.24, 2.45) is 0 Å². The van der Waals surface area contributed by atoms with Gasteiger partial charge in [-0.25, -0.2) is 15.0 Å². The molecule has 9 rings (SSSR count). The van der Waals surface area contributed by atoms with Gasteiger partial charge in [-0.05, 0) is 117 Å². The molecule has 58 heavy (non-hydrogen) atoms. The van der Waals surface area contributed by atoms with Crippen LogP contribution in [0.3, 0.4) is 0 Å². The SMILES string of the molecule is CCCc1cccc(-c2ccc(-c3cc(C4=CC=CCC4)cc(-c4ccccc4)c3)cc2)c1-c1ccc(-c2nc(-c3ccccc3)nc(-c3ccccc3)n2)cc1C. The maximum atomic E-state index is 5.01. The number of hydrogen-bond acceptors (Lipinski definition) is 3. The molecule has 1 aromatic heterocycles. The number of aromatic nitrogens is 3.